The average molecular weight is 267 g/mol. The number of nitrogens with zero attached hydrogens (tertiary/aromatic N) is 1. The van der Waals surface area contributed by atoms with Crippen LogP contribution in [0.1, 0.15) is 12.8 Å². The molecule has 0 saturated carbocycles. The number of carbonyl (C=O) groups excluding carboxylic acids is 1. The van der Waals surface area contributed by atoms with Gasteiger partial charge in [0, 0.05) is 19.1 Å². The summed E-state index contributed by atoms with van der Waals surface area (Å²) in [6.07, 6.45) is -4.79. The molecule has 1 N–H and O–H groups in total. The van der Waals surface area contributed by atoms with Crippen molar-refractivity contribution in [2.45, 2.75) is 31.2 Å². The molecule has 0 aliphatic carbocycles. The number of hydrogen-bond donors (Lipinski definition) is 1. The van der Waals surface area contributed by atoms with Crippen LogP contribution in [0, 0.1) is 5.92 Å². The largest absolute Gasteiger partial charge is 0.480 e. The highest BCUT2D eigenvalue weighted by molar-refractivity contribution is 5.87. The molecule has 0 spiro atoms. The smallest absolute Gasteiger partial charge is 0.471 e. The van der Waals surface area contributed by atoms with Crippen molar-refractivity contribution in [2.24, 2.45) is 5.92 Å². The molecule has 2 rings (SSSR count). The molecular formula is C10H12F3NO4. The summed E-state index contributed by atoms with van der Waals surface area (Å²) in [7, 11) is 0. The second-order valence-electron chi connectivity index (χ2n) is 4.43. The van der Waals surface area contributed by atoms with E-state index in [2.05, 4.69) is 0 Å². The van der Waals surface area contributed by atoms with Crippen LogP contribution < -0.4 is 0 Å². The zero-order valence-electron chi connectivity index (χ0n) is 9.31. The minimum atomic E-state index is -5.04. The number of likely N-dealkylation sites (tertiary alicyclic amines) is 1. The number of carboxylic acid groups (broad SMARTS) is 1. The molecule has 0 aromatic rings. The van der Waals surface area contributed by atoms with E-state index in [4.69, 9.17) is 9.84 Å². The monoisotopic (exact) mass is 267 g/mol. The Morgan fingerprint density at radius 2 is 1.94 bits per heavy atom. The van der Waals surface area contributed by atoms with Crippen LogP contribution in [-0.2, 0) is 14.3 Å². The number of rotatable bonds is 1. The van der Waals surface area contributed by atoms with E-state index in [1.807, 2.05) is 0 Å². The van der Waals surface area contributed by atoms with Gasteiger partial charge in [-0.3, -0.25) is 4.79 Å². The first-order chi connectivity index (χ1) is 8.32. The summed E-state index contributed by atoms with van der Waals surface area (Å²) < 4.78 is 42.5. The van der Waals surface area contributed by atoms with Crippen LogP contribution in [0.25, 0.3) is 0 Å². The number of hydrogen-bond acceptors (Lipinski definition) is 3. The second-order valence-corrected chi connectivity index (χ2v) is 4.43. The third-order valence-corrected chi connectivity index (χ3v) is 3.41. The van der Waals surface area contributed by atoms with Gasteiger partial charge in [-0.05, 0) is 12.8 Å². The summed E-state index contributed by atoms with van der Waals surface area (Å²) in [5.41, 5.74) is 0. The number of halogens is 3. The van der Waals surface area contributed by atoms with Crippen molar-refractivity contribution in [3.05, 3.63) is 0 Å². The molecule has 18 heavy (non-hydrogen) atoms. The second kappa shape index (κ2) is 4.42. The SMILES string of the molecule is O=C(O)C1[C@H]2CCO[C@H]2CCN1C(=O)C(F)(F)F. The van der Waals surface area contributed by atoms with Gasteiger partial charge in [-0.15, -0.1) is 0 Å². The van der Waals surface area contributed by atoms with Crippen molar-refractivity contribution < 1.29 is 32.6 Å². The van der Waals surface area contributed by atoms with E-state index in [9.17, 15) is 22.8 Å². The number of fused-ring (bicyclic) bond motifs is 1. The number of aliphatic carboxylic acids is 1. The molecule has 2 heterocycles. The highest BCUT2D eigenvalue weighted by atomic mass is 19.4. The van der Waals surface area contributed by atoms with Gasteiger partial charge in [-0.1, -0.05) is 0 Å². The number of alkyl halides is 3. The quantitative estimate of drug-likeness (QED) is 0.757. The molecule has 0 bridgehead atoms. The Bertz CT molecular complexity index is 371. The van der Waals surface area contributed by atoms with Crippen LogP contribution in [0.2, 0.25) is 0 Å². The highest BCUT2D eigenvalue weighted by Crippen LogP contribution is 2.35. The first-order valence-electron chi connectivity index (χ1n) is 5.54. The van der Waals surface area contributed by atoms with E-state index in [1.54, 1.807) is 0 Å². The average Bonchev–Trinajstić information content (AvgIpc) is 2.72. The third kappa shape index (κ3) is 2.16. The fourth-order valence-corrected chi connectivity index (χ4v) is 2.67. The van der Waals surface area contributed by atoms with Crippen LogP contribution in [0.4, 0.5) is 13.2 Å². The molecule has 102 valence electrons. The fraction of sp³-hybridized carbons (Fsp3) is 0.800. The zero-order valence-corrected chi connectivity index (χ0v) is 9.31. The predicted octanol–water partition coefficient (Wildman–Crippen LogP) is 0.639. The van der Waals surface area contributed by atoms with Gasteiger partial charge >= 0.3 is 18.1 Å². The minimum absolute atomic E-state index is 0.240. The molecule has 1 unspecified atom stereocenters. The van der Waals surface area contributed by atoms with E-state index in [1.165, 1.54) is 0 Å². The fourth-order valence-electron chi connectivity index (χ4n) is 2.67. The number of carbonyl (C=O) groups is 2. The van der Waals surface area contributed by atoms with Crippen molar-refractivity contribution in [1.29, 1.82) is 0 Å². The van der Waals surface area contributed by atoms with Gasteiger partial charge in [0.05, 0.1) is 6.10 Å². The van der Waals surface area contributed by atoms with E-state index < -0.39 is 30.0 Å². The van der Waals surface area contributed by atoms with Crippen molar-refractivity contribution in [2.75, 3.05) is 13.2 Å². The first-order valence-corrected chi connectivity index (χ1v) is 5.54. The molecular weight excluding hydrogens is 255 g/mol. The molecule has 0 aromatic carbocycles. The van der Waals surface area contributed by atoms with Gasteiger partial charge in [0.15, 0.2) is 0 Å². The number of piperidine rings is 1. The van der Waals surface area contributed by atoms with Crippen molar-refractivity contribution in [3.63, 3.8) is 0 Å². The summed E-state index contributed by atoms with van der Waals surface area (Å²) in [4.78, 5) is 22.8. The molecule has 3 atom stereocenters. The maximum absolute atomic E-state index is 12.4. The zero-order chi connectivity index (χ0) is 13.5. The molecule has 2 aliphatic heterocycles. The third-order valence-electron chi connectivity index (χ3n) is 3.41. The van der Waals surface area contributed by atoms with Crippen molar-refractivity contribution in [1.82, 2.24) is 4.90 Å². The number of ether oxygens (including phenoxy) is 1. The van der Waals surface area contributed by atoms with Gasteiger partial charge in [-0.25, -0.2) is 4.79 Å². The van der Waals surface area contributed by atoms with Crippen LogP contribution in [0.15, 0.2) is 0 Å². The van der Waals surface area contributed by atoms with Crippen LogP contribution in [0.5, 0.6) is 0 Å². The summed E-state index contributed by atoms with van der Waals surface area (Å²) in [5, 5.41) is 9.05. The minimum Gasteiger partial charge on any atom is -0.480 e. The Labute approximate surface area is 100 Å². The summed E-state index contributed by atoms with van der Waals surface area (Å²) in [6, 6.07) is -1.44. The topological polar surface area (TPSA) is 66.8 Å². The Balaban J connectivity index is 2.24. The lowest BCUT2D eigenvalue weighted by molar-refractivity contribution is -0.194. The Kier molecular flexibility index (Phi) is 3.22. The Morgan fingerprint density at radius 1 is 1.28 bits per heavy atom. The molecule has 0 radical (unpaired) electrons. The summed E-state index contributed by atoms with van der Waals surface area (Å²) in [5.74, 6) is -4.05. The van der Waals surface area contributed by atoms with Crippen LogP contribution in [-0.4, -0.2) is 53.4 Å². The van der Waals surface area contributed by atoms with Gasteiger partial charge in [-0.2, -0.15) is 13.2 Å². The van der Waals surface area contributed by atoms with Gasteiger partial charge < -0.3 is 14.7 Å². The normalized spacial score (nSPS) is 32.2. The van der Waals surface area contributed by atoms with E-state index in [-0.39, 0.29) is 19.1 Å². The lowest BCUT2D eigenvalue weighted by Crippen LogP contribution is -2.58. The van der Waals surface area contributed by atoms with Gasteiger partial charge in [0.25, 0.3) is 0 Å². The molecule has 0 aromatic heterocycles. The van der Waals surface area contributed by atoms with E-state index in [0.717, 1.165) is 0 Å². The van der Waals surface area contributed by atoms with Crippen LogP contribution >= 0.6 is 0 Å². The van der Waals surface area contributed by atoms with Crippen LogP contribution in [0.3, 0.4) is 0 Å². The predicted molar refractivity (Wildman–Crippen MR) is 51.7 cm³/mol. The van der Waals surface area contributed by atoms with E-state index >= 15 is 0 Å². The lowest BCUT2D eigenvalue weighted by Gasteiger charge is -2.39. The van der Waals surface area contributed by atoms with Gasteiger partial charge in [0.2, 0.25) is 0 Å². The molecule has 2 fully saturated rings. The highest BCUT2D eigenvalue weighted by Gasteiger charge is 2.52. The first kappa shape index (κ1) is 13.1. The summed E-state index contributed by atoms with van der Waals surface area (Å²) in [6.45, 7) is 0.0869. The molecule has 8 heteroatoms. The standard InChI is InChI=1S/C10H12F3NO4/c11-10(12,13)9(17)14-3-1-6-5(2-4-18-6)7(14)8(15)16/h5-7H,1-4H2,(H,15,16)/t5-,6-,7?/m0/s1. The molecule has 2 aliphatic rings. The van der Waals surface area contributed by atoms with Crippen molar-refractivity contribution >= 4 is 11.9 Å². The van der Waals surface area contributed by atoms with Gasteiger partial charge in [0.1, 0.15) is 6.04 Å². The maximum atomic E-state index is 12.4. The number of amides is 1. The lowest BCUT2D eigenvalue weighted by atomic mass is 9.86. The van der Waals surface area contributed by atoms with Crippen molar-refractivity contribution in [3.8, 4) is 0 Å². The Hall–Kier alpha value is -1.31. The molecule has 2 saturated heterocycles. The Morgan fingerprint density at radius 3 is 2.50 bits per heavy atom. The van der Waals surface area contributed by atoms with E-state index in [0.29, 0.717) is 17.9 Å². The molecule has 1 amide bonds. The number of carboxylic acids is 1. The maximum Gasteiger partial charge on any atom is 0.471 e. The summed E-state index contributed by atoms with van der Waals surface area (Å²) >= 11 is 0. The molecule has 5 nitrogen and oxygen atoms in total.